The normalized spacial score (nSPS) is 7.00. The Balaban J connectivity index is 0. The van der Waals surface area contributed by atoms with Crippen LogP contribution in [0.1, 0.15) is 0 Å². The van der Waals surface area contributed by atoms with Crippen molar-refractivity contribution in [2.75, 3.05) is 0 Å². The maximum absolute atomic E-state index is 9.25. The van der Waals surface area contributed by atoms with Gasteiger partial charge in [-0.25, -0.2) is 9.59 Å². The smallest absolute Gasteiger partial charge is 0.327 e. The lowest BCUT2D eigenvalue weighted by Gasteiger charge is -1.69. The molecule has 0 amide bonds. The SMILES string of the molecule is C=CC(=O)O.C=CC(=O)O.c1ccccc1. The van der Waals surface area contributed by atoms with Crippen LogP contribution < -0.4 is 0 Å². The van der Waals surface area contributed by atoms with E-state index < -0.39 is 11.9 Å². The molecule has 0 atom stereocenters. The Hall–Kier alpha value is -2.36. The van der Waals surface area contributed by atoms with Gasteiger partial charge in [-0.15, -0.1) is 0 Å². The highest BCUT2D eigenvalue weighted by Crippen LogP contribution is 1.79. The Morgan fingerprint density at radius 3 is 0.938 bits per heavy atom. The largest absolute Gasteiger partial charge is 0.478 e. The first kappa shape index (κ1) is 16.1. The molecule has 0 spiro atoms. The summed E-state index contributed by atoms with van der Waals surface area (Å²) in [5.74, 6) is -1.96. The van der Waals surface area contributed by atoms with E-state index in [1.165, 1.54) is 0 Å². The number of hydrogen-bond acceptors (Lipinski definition) is 2. The number of carbonyl (C=O) groups is 2. The molecule has 0 fully saturated rings. The summed E-state index contributed by atoms with van der Waals surface area (Å²) in [5.41, 5.74) is 0. The molecule has 4 heteroatoms. The number of carboxylic acid groups (broad SMARTS) is 2. The zero-order valence-corrected chi connectivity index (χ0v) is 8.74. The van der Waals surface area contributed by atoms with Crippen LogP contribution in [0.2, 0.25) is 0 Å². The van der Waals surface area contributed by atoms with Crippen molar-refractivity contribution in [2.45, 2.75) is 0 Å². The summed E-state index contributed by atoms with van der Waals surface area (Å²) in [6.45, 7) is 5.92. The Bertz CT molecular complexity index is 272. The van der Waals surface area contributed by atoms with Gasteiger partial charge in [-0.2, -0.15) is 0 Å². The number of rotatable bonds is 2. The van der Waals surface area contributed by atoms with Crippen LogP contribution in [0.5, 0.6) is 0 Å². The monoisotopic (exact) mass is 222 g/mol. The molecule has 1 rings (SSSR count). The first-order valence-electron chi connectivity index (χ1n) is 4.25. The number of benzene rings is 1. The molecule has 0 aromatic heterocycles. The van der Waals surface area contributed by atoms with E-state index in [2.05, 4.69) is 13.2 Å². The van der Waals surface area contributed by atoms with Crippen molar-refractivity contribution in [2.24, 2.45) is 0 Å². The molecule has 0 radical (unpaired) electrons. The third kappa shape index (κ3) is 22.6. The highest BCUT2D eigenvalue weighted by molar-refractivity contribution is 5.79. The lowest BCUT2D eigenvalue weighted by Crippen LogP contribution is -1.82. The molecule has 0 aliphatic carbocycles. The van der Waals surface area contributed by atoms with Gasteiger partial charge in [-0.05, 0) is 0 Å². The van der Waals surface area contributed by atoms with E-state index >= 15 is 0 Å². The van der Waals surface area contributed by atoms with E-state index in [9.17, 15) is 9.59 Å². The Labute approximate surface area is 94.2 Å². The van der Waals surface area contributed by atoms with E-state index in [1.54, 1.807) is 0 Å². The second-order valence-corrected chi connectivity index (χ2v) is 2.24. The van der Waals surface area contributed by atoms with Gasteiger partial charge < -0.3 is 10.2 Å². The summed E-state index contributed by atoms with van der Waals surface area (Å²) in [4.78, 5) is 18.5. The molecular weight excluding hydrogens is 208 g/mol. The van der Waals surface area contributed by atoms with Crippen LogP contribution in [0, 0.1) is 0 Å². The summed E-state index contributed by atoms with van der Waals surface area (Å²) in [5, 5.41) is 15.2. The van der Waals surface area contributed by atoms with Crippen molar-refractivity contribution in [3.63, 3.8) is 0 Å². The van der Waals surface area contributed by atoms with Crippen LogP contribution in [0.15, 0.2) is 61.7 Å². The van der Waals surface area contributed by atoms with Crippen molar-refractivity contribution in [3.8, 4) is 0 Å². The molecule has 0 aliphatic heterocycles. The van der Waals surface area contributed by atoms with Crippen molar-refractivity contribution in [1.82, 2.24) is 0 Å². The van der Waals surface area contributed by atoms with Crippen LogP contribution in [-0.4, -0.2) is 22.2 Å². The average molecular weight is 222 g/mol. The predicted octanol–water partition coefficient (Wildman–Crippen LogP) is 2.20. The summed E-state index contributed by atoms with van der Waals surface area (Å²) < 4.78 is 0. The van der Waals surface area contributed by atoms with Gasteiger partial charge in [-0.1, -0.05) is 49.6 Å². The molecule has 4 nitrogen and oxygen atoms in total. The van der Waals surface area contributed by atoms with E-state index in [0.717, 1.165) is 12.2 Å². The highest BCUT2D eigenvalue weighted by atomic mass is 16.4. The minimum atomic E-state index is -0.981. The molecule has 0 heterocycles. The number of hydrogen-bond donors (Lipinski definition) is 2. The second kappa shape index (κ2) is 12.6. The highest BCUT2D eigenvalue weighted by Gasteiger charge is 1.73. The molecule has 1 aromatic rings. The first-order valence-corrected chi connectivity index (χ1v) is 4.25. The maximum Gasteiger partial charge on any atom is 0.327 e. The van der Waals surface area contributed by atoms with Gasteiger partial charge in [0.15, 0.2) is 0 Å². The predicted molar refractivity (Wildman–Crippen MR) is 62.1 cm³/mol. The van der Waals surface area contributed by atoms with Crippen LogP contribution >= 0.6 is 0 Å². The fourth-order valence-corrected chi connectivity index (χ4v) is 0.385. The third-order valence-corrected chi connectivity index (χ3v) is 1.02. The van der Waals surface area contributed by atoms with E-state index in [-0.39, 0.29) is 0 Å². The van der Waals surface area contributed by atoms with Crippen LogP contribution in [0.3, 0.4) is 0 Å². The van der Waals surface area contributed by atoms with Gasteiger partial charge in [-0.3, -0.25) is 0 Å². The summed E-state index contributed by atoms with van der Waals surface area (Å²) >= 11 is 0. The molecular formula is C12H14O4. The molecule has 0 unspecified atom stereocenters. The summed E-state index contributed by atoms with van der Waals surface area (Å²) in [7, 11) is 0. The average Bonchev–Trinajstić information content (AvgIpc) is 2.32. The van der Waals surface area contributed by atoms with Gasteiger partial charge in [0.1, 0.15) is 0 Å². The van der Waals surface area contributed by atoms with Crippen molar-refractivity contribution in [1.29, 1.82) is 0 Å². The van der Waals surface area contributed by atoms with E-state index in [4.69, 9.17) is 10.2 Å². The lowest BCUT2D eigenvalue weighted by atomic mass is 10.4. The van der Waals surface area contributed by atoms with Crippen molar-refractivity contribution >= 4 is 11.9 Å². The van der Waals surface area contributed by atoms with E-state index in [1.807, 2.05) is 36.4 Å². The fourth-order valence-electron chi connectivity index (χ4n) is 0.385. The first-order chi connectivity index (χ1) is 7.54. The topological polar surface area (TPSA) is 74.6 Å². The molecule has 0 bridgehead atoms. The number of carboxylic acids is 2. The lowest BCUT2D eigenvalue weighted by molar-refractivity contribution is -0.132. The zero-order chi connectivity index (χ0) is 12.8. The van der Waals surface area contributed by atoms with Crippen LogP contribution in [0.4, 0.5) is 0 Å². The minimum absolute atomic E-state index is 0.833. The molecule has 1 aromatic carbocycles. The van der Waals surface area contributed by atoms with Gasteiger partial charge in [0, 0.05) is 12.2 Å². The quantitative estimate of drug-likeness (QED) is 0.752. The molecule has 86 valence electrons. The minimum Gasteiger partial charge on any atom is -0.478 e. The third-order valence-electron chi connectivity index (χ3n) is 1.02. The molecule has 0 saturated heterocycles. The van der Waals surface area contributed by atoms with Gasteiger partial charge in [0.2, 0.25) is 0 Å². The summed E-state index contributed by atoms with van der Waals surface area (Å²) in [6, 6.07) is 12.0. The Morgan fingerprint density at radius 2 is 0.875 bits per heavy atom. The second-order valence-electron chi connectivity index (χ2n) is 2.24. The van der Waals surface area contributed by atoms with Gasteiger partial charge >= 0.3 is 11.9 Å². The van der Waals surface area contributed by atoms with Crippen LogP contribution in [-0.2, 0) is 9.59 Å². The maximum atomic E-state index is 9.25. The van der Waals surface area contributed by atoms with Gasteiger partial charge in [0.25, 0.3) is 0 Å². The van der Waals surface area contributed by atoms with Gasteiger partial charge in [0.05, 0.1) is 0 Å². The molecule has 0 saturated carbocycles. The van der Waals surface area contributed by atoms with Crippen molar-refractivity contribution in [3.05, 3.63) is 61.7 Å². The molecule has 16 heavy (non-hydrogen) atoms. The Kier molecular flexibility index (Phi) is 12.7. The summed E-state index contributed by atoms with van der Waals surface area (Å²) in [6.07, 6.45) is 1.67. The van der Waals surface area contributed by atoms with Crippen LogP contribution in [0.25, 0.3) is 0 Å². The Morgan fingerprint density at radius 1 is 0.750 bits per heavy atom. The number of aliphatic carboxylic acids is 2. The fraction of sp³-hybridized carbons (Fsp3) is 0. The molecule has 0 aliphatic rings. The van der Waals surface area contributed by atoms with Crippen molar-refractivity contribution < 1.29 is 19.8 Å². The van der Waals surface area contributed by atoms with E-state index in [0.29, 0.717) is 0 Å². The molecule has 2 N–H and O–H groups in total. The standard InChI is InChI=1S/C6H6.2C3H4O2/c1-2-4-6-5-3-1;2*1-2-3(4)5/h1-6H;2*2H,1H2,(H,4,5). The zero-order valence-electron chi connectivity index (χ0n) is 8.74.